The Morgan fingerprint density at radius 2 is 2.45 bits per heavy atom. The molecular formula is C13H14ClN3OS2. The number of carbonyl (C=O) groups is 1. The molecule has 2 aromatic rings. The molecule has 1 amide bonds. The molecule has 3 rings (SSSR count). The van der Waals surface area contributed by atoms with E-state index < -0.39 is 0 Å². The standard InChI is InChI=1S/C13H14ClN3OS2/c14-11-2-1-10(20-11)13-17-9(7-19-13)5-12(18)16-8-3-4-15-6-8/h1-2,7-8,15H,3-6H2,(H,16,18). The van der Waals surface area contributed by atoms with E-state index in [1.54, 1.807) is 11.3 Å². The molecule has 2 N–H and O–H groups in total. The minimum absolute atomic E-state index is 0.0414. The number of thiophene rings is 1. The van der Waals surface area contributed by atoms with Gasteiger partial charge in [0.15, 0.2) is 0 Å². The summed E-state index contributed by atoms with van der Waals surface area (Å²) in [6.45, 7) is 1.84. The molecule has 106 valence electrons. The fourth-order valence-corrected chi connectivity index (χ4v) is 4.09. The van der Waals surface area contributed by atoms with E-state index in [9.17, 15) is 4.79 Å². The molecule has 0 aliphatic carbocycles. The van der Waals surface area contributed by atoms with Gasteiger partial charge in [0.1, 0.15) is 5.01 Å². The monoisotopic (exact) mass is 327 g/mol. The van der Waals surface area contributed by atoms with Crippen molar-refractivity contribution in [3.63, 3.8) is 0 Å². The number of amides is 1. The maximum absolute atomic E-state index is 11.9. The molecule has 0 radical (unpaired) electrons. The average molecular weight is 328 g/mol. The maximum Gasteiger partial charge on any atom is 0.226 e. The zero-order chi connectivity index (χ0) is 13.9. The van der Waals surface area contributed by atoms with Gasteiger partial charge in [-0.05, 0) is 25.1 Å². The predicted octanol–water partition coefficient (Wildman–Crippen LogP) is 2.55. The van der Waals surface area contributed by atoms with Crippen LogP contribution in [0.25, 0.3) is 9.88 Å². The van der Waals surface area contributed by atoms with Crippen LogP contribution in [0, 0.1) is 0 Å². The van der Waals surface area contributed by atoms with Gasteiger partial charge in [0.2, 0.25) is 5.91 Å². The van der Waals surface area contributed by atoms with Crippen molar-refractivity contribution in [1.29, 1.82) is 0 Å². The minimum Gasteiger partial charge on any atom is -0.352 e. The van der Waals surface area contributed by atoms with Crippen LogP contribution in [0.4, 0.5) is 0 Å². The highest BCUT2D eigenvalue weighted by atomic mass is 35.5. The molecule has 3 heterocycles. The summed E-state index contributed by atoms with van der Waals surface area (Å²) in [4.78, 5) is 17.5. The molecule has 1 aliphatic rings. The molecule has 1 saturated heterocycles. The van der Waals surface area contributed by atoms with Crippen LogP contribution < -0.4 is 10.6 Å². The predicted molar refractivity (Wildman–Crippen MR) is 83.6 cm³/mol. The van der Waals surface area contributed by atoms with E-state index in [4.69, 9.17) is 11.6 Å². The summed E-state index contributed by atoms with van der Waals surface area (Å²) in [6.07, 6.45) is 1.34. The lowest BCUT2D eigenvalue weighted by Crippen LogP contribution is -2.37. The molecule has 4 nitrogen and oxygen atoms in total. The van der Waals surface area contributed by atoms with Crippen LogP contribution in [0.1, 0.15) is 12.1 Å². The highest BCUT2D eigenvalue weighted by Gasteiger charge is 2.17. The van der Waals surface area contributed by atoms with E-state index in [0.29, 0.717) is 6.42 Å². The SMILES string of the molecule is O=C(Cc1csc(-c2ccc(Cl)s2)n1)NC1CCNC1. The van der Waals surface area contributed by atoms with Gasteiger partial charge in [0.25, 0.3) is 0 Å². The van der Waals surface area contributed by atoms with Crippen LogP contribution in [0.15, 0.2) is 17.5 Å². The van der Waals surface area contributed by atoms with Gasteiger partial charge in [-0.15, -0.1) is 22.7 Å². The Hall–Kier alpha value is -0.950. The molecule has 2 aromatic heterocycles. The molecule has 0 saturated carbocycles. The van der Waals surface area contributed by atoms with Gasteiger partial charge in [-0.25, -0.2) is 4.98 Å². The lowest BCUT2D eigenvalue weighted by molar-refractivity contribution is -0.121. The normalized spacial score (nSPS) is 18.4. The summed E-state index contributed by atoms with van der Waals surface area (Å²) in [5, 5.41) is 9.12. The van der Waals surface area contributed by atoms with Gasteiger partial charge >= 0.3 is 0 Å². The number of thiazole rings is 1. The number of halogens is 1. The maximum atomic E-state index is 11.9. The van der Waals surface area contributed by atoms with E-state index in [2.05, 4.69) is 15.6 Å². The number of rotatable bonds is 4. The van der Waals surface area contributed by atoms with E-state index in [1.165, 1.54) is 11.3 Å². The lowest BCUT2D eigenvalue weighted by Gasteiger charge is -2.10. The highest BCUT2D eigenvalue weighted by molar-refractivity contribution is 7.23. The minimum atomic E-state index is 0.0414. The van der Waals surface area contributed by atoms with Crippen LogP contribution in [0.3, 0.4) is 0 Å². The second-order valence-electron chi connectivity index (χ2n) is 4.68. The zero-order valence-electron chi connectivity index (χ0n) is 10.7. The van der Waals surface area contributed by atoms with Crippen LogP contribution in [0.5, 0.6) is 0 Å². The van der Waals surface area contributed by atoms with Crippen molar-refractivity contribution in [1.82, 2.24) is 15.6 Å². The molecule has 1 unspecified atom stereocenters. The van der Waals surface area contributed by atoms with Crippen LogP contribution in [0.2, 0.25) is 4.34 Å². The van der Waals surface area contributed by atoms with Crippen LogP contribution in [-0.2, 0) is 11.2 Å². The summed E-state index contributed by atoms with van der Waals surface area (Å²) in [6, 6.07) is 4.08. The van der Waals surface area contributed by atoms with Gasteiger partial charge in [-0.1, -0.05) is 11.6 Å². The van der Waals surface area contributed by atoms with Crippen molar-refractivity contribution in [3.05, 3.63) is 27.5 Å². The quantitative estimate of drug-likeness (QED) is 0.907. The van der Waals surface area contributed by atoms with Crippen molar-refractivity contribution >= 4 is 40.2 Å². The third kappa shape index (κ3) is 3.38. The number of hydrogen-bond acceptors (Lipinski definition) is 5. The van der Waals surface area contributed by atoms with E-state index in [0.717, 1.165) is 39.4 Å². The van der Waals surface area contributed by atoms with Gasteiger partial charge in [-0.2, -0.15) is 0 Å². The van der Waals surface area contributed by atoms with Crippen LogP contribution >= 0.6 is 34.3 Å². The molecule has 7 heteroatoms. The lowest BCUT2D eigenvalue weighted by atomic mass is 10.2. The Kier molecular flexibility index (Phi) is 4.35. The molecule has 1 atom stereocenters. The van der Waals surface area contributed by atoms with E-state index in [-0.39, 0.29) is 11.9 Å². The first-order chi connectivity index (χ1) is 9.70. The van der Waals surface area contributed by atoms with Crippen molar-refractivity contribution in [2.45, 2.75) is 18.9 Å². The Bertz CT molecular complexity index is 604. The van der Waals surface area contributed by atoms with Crippen molar-refractivity contribution < 1.29 is 4.79 Å². The Morgan fingerprint density at radius 3 is 3.15 bits per heavy atom. The summed E-state index contributed by atoms with van der Waals surface area (Å²) >= 11 is 8.97. The van der Waals surface area contributed by atoms with Gasteiger partial charge < -0.3 is 10.6 Å². The second-order valence-corrected chi connectivity index (χ2v) is 7.25. The Labute approximate surface area is 130 Å². The van der Waals surface area contributed by atoms with E-state index in [1.807, 2.05) is 17.5 Å². The molecule has 20 heavy (non-hydrogen) atoms. The number of carbonyl (C=O) groups excluding carboxylic acids is 1. The summed E-state index contributed by atoms with van der Waals surface area (Å²) in [5.74, 6) is 0.0414. The van der Waals surface area contributed by atoms with Crippen molar-refractivity contribution in [2.75, 3.05) is 13.1 Å². The molecule has 1 aliphatic heterocycles. The summed E-state index contributed by atoms with van der Waals surface area (Å²) < 4.78 is 0.753. The first-order valence-electron chi connectivity index (χ1n) is 6.41. The second kappa shape index (κ2) is 6.22. The van der Waals surface area contributed by atoms with Gasteiger partial charge in [-0.3, -0.25) is 4.79 Å². The number of nitrogens with one attached hydrogen (secondary N) is 2. The van der Waals surface area contributed by atoms with Gasteiger partial charge in [0.05, 0.1) is 21.3 Å². The third-order valence-electron chi connectivity index (χ3n) is 3.10. The molecule has 0 spiro atoms. The summed E-state index contributed by atoms with van der Waals surface area (Å²) in [7, 11) is 0. The number of hydrogen-bond donors (Lipinski definition) is 2. The molecular weight excluding hydrogens is 314 g/mol. The number of nitrogens with zero attached hydrogens (tertiary/aromatic N) is 1. The van der Waals surface area contributed by atoms with Crippen molar-refractivity contribution in [3.8, 4) is 9.88 Å². The fraction of sp³-hybridized carbons (Fsp3) is 0.385. The molecule has 0 aromatic carbocycles. The van der Waals surface area contributed by atoms with Gasteiger partial charge in [0, 0.05) is 18.0 Å². The Morgan fingerprint density at radius 1 is 1.55 bits per heavy atom. The average Bonchev–Trinajstić information content (AvgIpc) is 3.10. The summed E-state index contributed by atoms with van der Waals surface area (Å²) in [5.41, 5.74) is 0.818. The fourth-order valence-electron chi connectivity index (χ4n) is 2.15. The number of aromatic nitrogens is 1. The van der Waals surface area contributed by atoms with Crippen LogP contribution in [-0.4, -0.2) is 30.0 Å². The zero-order valence-corrected chi connectivity index (χ0v) is 13.1. The Balaban J connectivity index is 1.60. The first-order valence-corrected chi connectivity index (χ1v) is 8.48. The first kappa shape index (κ1) is 14.0. The third-order valence-corrected chi connectivity index (χ3v) is 5.39. The largest absolute Gasteiger partial charge is 0.352 e. The smallest absolute Gasteiger partial charge is 0.226 e. The topological polar surface area (TPSA) is 54.0 Å². The van der Waals surface area contributed by atoms with E-state index >= 15 is 0 Å². The molecule has 1 fully saturated rings. The molecule has 0 bridgehead atoms. The highest BCUT2D eigenvalue weighted by Crippen LogP contribution is 2.32. The van der Waals surface area contributed by atoms with Crippen molar-refractivity contribution in [2.24, 2.45) is 0 Å².